The van der Waals surface area contributed by atoms with Gasteiger partial charge < -0.3 is 4.52 Å². The maximum Gasteiger partial charge on any atom is 0.223 e. The van der Waals surface area contributed by atoms with Gasteiger partial charge in [0.25, 0.3) is 0 Å². The molecule has 2 heterocycles. The third kappa shape index (κ3) is 1.57. The van der Waals surface area contributed by atoms with Crippen LogP contribution in [0.25, 0.3) is 11.4 Å². The molecule has 15 heavy (non-hydrogen) atoms. The fourth-order valence-corrected chi connectivity index (χ4v) is 1.39. The lowest BCUT2D eigenvalue weighted by molar-refractivity contribution is 0.394. The Hall–Kier alpha value is -1.88. The Labute approximate surface area is 86.2 Å². The molecule has 5 heteroatoms. The van der Waals surface area contributed by atoms with Gasteiger partial charge in [-0.25, -0.2) is 9.90 Å². The van der Waals surface area contributed by atoms with Crippen LogP contribution in [0.3, 0.4) is 0 Å². The highest BCUT2D eigenvalue weighted by Gasteiger charge is 2.20. The highest BCUT2D eigenvalue weighted by molar-refractivity contribution is 5.62. The predicted molar refractivity (Wildman–Crippen MR) is 52.9 cm³/mol. The topological polar surface area (TPSA) is 54.5 Å². The standard InChI is InChI=1S/C10H9N3O2/c1-7-11-10(12-15-7)8-3-2-4-9(5-8)13-6-14-13/h2-5H,6H2,1H3. The molecule has 3 rings (SSSR count). The summed E-state index contributed by atoms with van der Waals surface area (Å²) in [4.78, 5) is 9.22. The van der Waals surface area contributed by atoms with Crippen molar-refractivity contribution in [2.75, 3.05) is 11.8 Å². The van der Waals surface area contributed by atoms with Gasteiger partial charge in [-0.3, -0.25) is 0 Å². The van der Waals surface area contributed by atoms with E-state index in [1.807, 2.05) is 24.3 Å². The van der Waals surface area contributed by atoms with Crippen molar-refractivity contribution in [1.82, 2.24) is 10.1 Å². The summed E-state index contributed by atoms with van der Waals surface area (Å²) in [5.41, 5.74) is 1.94. The molecule has 0 N–H and O–H groups in total. The van der Waals surface area contributed by atoms with E-state index in [2.05, 4.69) is 10.1 Å². The van der Waals surface area contributed by atoms with Crippen LogP contribution in [0.4, 0.5) is 5.69 Å². The second-order valence-electron chi connectivity index (χ2n) is 3.32. The van der Waals surface area contributed by atoms with Crippen molar-refractivity contribution in [3.8, 4) is 11.4 Å². The maximum atomic E-state index is 5.06. The van der Waals surface area contributed by atoms with Crippen LogP contribution in [0.5, 0.6) is 0 Å². The molecule has 1 aliphatic heterocycles. The summed E-state index contributed by atoms with van der Waals surface area (Å²) in [5, 5.41) is 5.65. The molecule has 1 saturated heterocycles. The van der Waals surface area contributed by atoms with E-state index >= 15 is 0 Å². The molecule has 5 nitrogen and oxygen atoms in total. The van der Waals surface area contributed by atoms with E-state index in [0.717, 1.165) is 11.3 Å². The molecule has 0 amide bonds. The normalized spacial score (nSPS) is 14.3. The van der Waals surface area contributed by atoms with Crippen LogP contribution in [0.2, 0.25) is 0 Å². The van der Waals surface area contributed by atoms with Crippen LogP contribution < -0.4 is 5.06 Å². The molecule has 2 aromatic rings. The Bertz CT molecular complexity index is 491. The van der Waals surface area contributed by atoms with E-state index in [1.54, 1.807) is 12.0 Å². The minimum atomic E-state index is 0.568. The van der Waals surface area contributed by atoms with E-state index in [-0.39, 0.29) is 0 Å². The average Bonchev–Trinajstić information content (AvgIpc) is 3.02. The zero-order chi connectivity index (χ0) is 10.3. The summed E-state index contributed by atoms with van der Waals surface area (Å²) >= 11 is 0. The molecule has 0 spiro atoms. The van der Waals surface area contributed by atoms with Gasteiger partial charge in [0.15, 0.2) is 6.73 Å². The lowest BCUT2D eigenvalue weighted by Gasteiger charge is -1.99. The van der Waals surface area contributed by atoms with Gasteiger partial charge >= 0.3 is 0 Å². The van der Waals surface area contributed by atoms with Crippen molar-refractivity contribution < 1.29 is 9.36 Å². The minimum absolute atomic E-state index is 0.568. The average molecular weight is 203 g/mol. The van der Waals surface area contributed by atoms with Crippen LogP contribution in [0, 0.1) is 6.92 Å². The second-order valence-corrected chi connectivity index (χ2v) is 3.32. The zero-order valence-electron chi connectivity index (χ0n) is 8.17. The van der Waals surface area contributed by atoms with E-state index < -0.39 is 0 Å². The molecule has 0 radical (unpaired) electrons. The highest BCUT2D eigenvalue weighted by atomic mass is 16.8. The van der Waals surface area contributed by atoms with Crippen molar-refractivity contribution in [2.45, 2.75) is 6.92 Å². The second kappa shape index (κ2) is 3.06. The summed E-state index contributed by atoms with van der Waals surface area (Å²) < 4.78 is 4.93. The number of nitrogens with zero attached hydrogens (tertiary/aromatic N) is 3. The number of aryl methyl sites for hydroxylation is 1. The number of hydrogen-bond acceptors (Lipinski definition) is 5. The van der Waals surface area contributed by atoms with Crippen molar-refractivity contribution in [3.05, 3.63) is 30.2 Å². The van der Waals surface area contributed by atoms with E-state index in [9.17, 15) is 0 Å². The number of hydroxylamine groups is 1. The molecule has 0 atom stereocenters. The predicted octanol–water partition coefficient (Wildman–Crippen LogP) is 1.75. The Balaban J connectivity index is 2.00. The molecule has 1 aromatic heterocycles. The SMILES string of the molecule is Cc1nc(-c2cccc(N3CO3)c2)no1. The van der Waals surface area contributed by atoms with Crippen LogP contribution in [0.1, 0.15) is 5.89 Å². The summed E-state index contributed by atoms with van der Waals surface area (Å²) in [5.74, 6) is 1.18. The third-order valence-electron chi connectivity index (χ3n) is 2.18. The van der Waals surface area contributed by atoms with Crippen molar-refractivity contribution >= 4 is 5.69 Å². The van der Waals surface area contributed by atoms with E-state index in [4.69, 9.17) is 9.36 Å². The monoisotopic (exact) mass is 203 g/mol. The Kier molecular flexibility index (Phi) is 1.72. The molecule has 1 aliphatic rings. The molecule has 76 valence electrons. The van der Waals surface area contributed by atoms with Gasteiger partial charge in [-0.05, 0) is 12.1 Å². The number of aromatic nitrogens is 2. The molecule has 0 saturated carbocycles. The lowest BCUT2D eigenvalue weighted by atomic mass is 10.2. The Morgan fingerprint density at radius 1 is 1.40 bits per heavy atom. The van der Waals surface area contributed by atoms with Crippen LogP contribution in [-0.4, -0.2) is 16.9 Å². The first-order valence-corrected chi connectivity index (χ1v) is 4.64. The van der Waals surface area contributed by atoms with Gasteiger partial charge in [0.05, 0.1) is 5.69 Å². The molecule has 0 unspecified atom stereocenters. The summed E-state index contributed by atoms with van der Waals surface area (Å²) in [6.45, 7) is 2.42. The first-order valence-electron chi connectivity index (χ1n) is 4.64. The first-order chi connectivity index (χ1) is 7.33. The van der Waals surface area contributed by atoms with Gasteiger partial charge in [-0.15, -0.1) is 0 Å². The number of benzene rings is 1. The van der Waals surface area contributed by atoms with Gasteiger partial charge in [0.1, 0.15) is 0 Å². The van der Waals surface area contributed by atoms with Crippen molar-refractivity contribution in [1.29, 1.82) is 0 Å². The highest BCUT2D eigenvalue weighted by Crippen LogP contribution is 2.26. The summed E-state index contributed by atoms with van der Waals surface area (Å²) in [6, 6.07) is 7.83. The number of anilines is 1. The largest absolute Gasteiger partial charge is 0.339 e. The fourth-order valence-electron chi connectivity index (χ4n) is 1.39. The van der Waals surface area contributed by atoms with Gasteiger partial charge in [-0.2, -0.15) is 4.98 Å². The molecular weight excluding hydrogens is 194 g/mol. The van der Waals surface area contributed by atoms with Crippen molar-refractivity contribution in [3.63, 3.8) is 0 Å². The smallest absolute Gasteiger partial charge is 0.223 e. The molecule has 1 aromatic carbocycles. The summed E-state index contributed by atoms with van der Waals surface area (Å²) in [6.07, 6.45) is 0. The molecule has 1 fully saturated rings. The van der Waals surface area contributed by atoms with Crippen LogP contribution in [-0.2, 0) is 4.84 Å². The lowest BCUT2D eigenvalue weighted by Crippen LogP contribution is -1.90. The Morgan fingerprint density at radius 2 is 2.27 bits per heavy atom. The van der Waals surface area contributed by atoms with Crippen LogP contribution in [0.15, 0.2) is 28.8 Å². The van der Waals surface area contributed by atoms with Crippen molar-refractivity contribution in [2.24, 2.45) is 0 Å². The molecular formula is C10H9N3O2. The first kappa shape index (κ1) is 8.43. The molecule has 0 bridgehead atoms. The molecule has 0 aliphatic carbocycles. The van der Waals surface area contributed by atoms with Crippen LogP contribution >= 0.6 is 0 Å². The maximum absolute atomic E-state index is 5.06. The minimum Gasteiger partial charge on any atom is -0.339 e. The van der Waals surface area contributed by atoms with E-state index in [1.165, 1.54) is 0 Å². The van der Waals surface area contributed by atoms with Gasteiger partial charge in [-0.1, -0.05) is 17.3 Å². The van der Waals surface area contributed by atoms with E-state index in [0.29, 0.717) is 18.4 Å². The fraction of sp³-hybridized carbons (Fsp3) is 0.200. The third-order valence-corrected chi connectivity index (χ3v) is 2.18. The number of rotatable bonds is 2. The Morgan fingerprint density at radius 3 is 2.93 bits per heavy atom. The van der Waals surface area contributed by atoms with Gasteiger partial charge in [0, 0.05) is 12.5 Å². The number of hydrogen-bond donors (Lipinski definition) is 0. The quantitative estimate of drug-likeness (QED) is 0.696. The zero-order valence-corrected chi connectivity index (χ0v) is 8.17. The van der Waals surface area contributed by atoms with Gasteiger partial charge in [0.2, 0.25) is 11.7 Å². The summed E-state index contributed by atoms with van der Waals surface area (Å²) in [7, 11) is 0.